The van der Waals surface area contributed by atoms with Crippen LogP contribution in [0, 0.1) is 52.8 Å². The molecule has 2 fully saturated rings. The van der Waals surface area contributed by atoms with E-state index >= 15 is 0 Å². The van der Waals surface area contributed by atoms with E-state index < -0.39 is 90.1 Å². The monoisotopic (exact) mass is 1910 g/mol. The third-order valence-electron chi connectivity index (χ3n) is 20.5. The summed E-state index contributed by atoms with van der Waals surface area (Å²) in [7, 11) is 1.39. The number of rotatable bonds is 37. The van der Waals surface area contributed by atoms with Gasteiger partial charge in [0.15, 0.2) is 5.96 Å². The van der Waals surface area contributed by atoms with Crippen molar-refractivity contribution in [1.29, 1.82) is 5.41 Å². The topological polar surface area (TPSA) is 472 Å². The third kappa shape index (κ3) is 34.4. The number of nitrogens with two attached hydrogens (primary N) is 1. The SMILES string of the molecule is Cc1ccc(CCCC(=O)Nc2ccc(NC(=O)CCCCC(NCCN3CCN(CC(=O)O)CCN(CC(=O)O)CCN(CC(=O)O)CC3)C(=O)NCc3ccc(C(=O)NCCC[C@@H]4C(=O)N[C@@H](CCCNC(=N)N)C(=O)N[C@@H](Cc5ccc6ccccc6c5)C(=O)NCC(=O)N[C@H](Cc5ccc(O)c(I)c5)C(=O)N4C)cc3)cc2)cc1.[Lu]. The first-order valence-electron chi connectivity index (χ1n) is 39.8. The molecule has 1 unspecified atom stereocenters. The molecule has 6 aromatic carbocycles. The first kappa shape index (κ1) is 96.2. The summed E-state index contributed by atoms with van der Waals surface area (Å²) in [6.45, 7) is 3.60. The van der Waals surface area contributed by atoms with Gasteiger partial charge in [-0.1, -0.05) is 96.9 Å². The fourth-order valence-electron chi connectivity index (χ4n) is 13.9. The molecule has 119 heavy (non-hydrogen) atoms. The minimum Gasteiger partial charge on any atom is -0.507 e. The summed E-state index contributed by atoms with van der Waals surface area (Å²) in [6, 6.07) is 33.4. The second kappa shape index (κ2) is 50.2. The van der Waals surface area contributed by atoms with Gasteiger partial charge in [-0.2, -0.15) is 0 Å². The number of aryl methyl sites for hydroxylation is 2. The number of hydrogen-bond donors (Lipinski definition) is 16. The van der Waals surface area contributed by atoms with Crippen LogP contribution in [0.15, 0.2) is 133 Å². The number of carboxylic acid groups (broad SMARTS) is 3. The van der Waals surface area contributed by atoms with Gasteiger partial charge in [-0.3, -0.25) is 82.5 Å². The summed E-state index contributed by atoms with van der Waals surface area (Å²) in [6.07, 6.45) is 3.18. The Hall–Kier alpha value is -9.95. The van der Waals surface area contributed by atoms with E-state index in [0.29, 0.717) is 96.5 Å². The fraction of sp³-hybridized carbons (Fsp3) is 0.440. The Morgan fingerprint density at radius 1 is 0.555 bits per heavy atom. The molecule has 6 aromatic rings. The van der Waals surface area contributed by atoms with E-state index in [9.17, 15) is 78.0 Å². The number of amides is 9. The van der Waals surface area contributed by atoms with E-state index in [1.165, 1.54) is 23.6 Å². The Bertz CT molecular complexity index is 4400. The molecular formula is C84H110ILuN17O16. The maximum absolute atomic E-state index is 14.9. The summed E-state index contributed by atoms with van der Waals surface area (Å²) in [5.41, 5.74) is 11.1. The number of anilines is 2. The number of benzene rings is 6. The number of aliphatic carboxylic acids is 3. The summed E-state index contributed by atoms with van der Waals surface area (Å²) in [5.74, 6) is -8.42. The van der Waals surface area contributed by atoms with Crippen LogP contribution in [0.2, 0.25) is 0 Å². The number of phenolic OH excluding ortho intramolecular Hbond substituents is 1. The van der Waals surface area contributed by atoms with Crippen molar-refractivity contribution >= 4 is 122 Å². The molecule has 2 heterocycles. The fourth-order valence-corrected chi connectivity index (χ4v) is 14.5. The van der Waals surface area contributed by atoms with Crippen LogP contribution in [0.5, 0.6) is 5.75 Å². The number of carbonyl (C=O) groups is 12. The van der Waals surface area contributed by atoms with Crippen molar-refractivity contribution in [3.8, 4) is 5.75 Å². The van der Waals surface area contributed by atoms with Crippen molar-refractivity contribution in [2.45, 2.75) is 127 Å². The second-order valence-corrected chi connectivity index (χ2v) is 30.9. The zero-order chi connectivity index (χ0) is 85.0. The number of nitrogens with zero attached hydrogens (tertiary/aromatic N) is 5. The van der Waals surface area contributed by atoms with E-state index in [0.717, 1.165) is 22.8 Å². The Morgan fingerprint density at radius 3 is 1.68 bits per heavy atom. The number of carbonyl (C=O) groups excluding carboxylic acids is 9. The van der Waals surface area contributed by atoms with E-state index in [1.54, 1.807) is 75.4 Å². The molecule has 1 radical (unpaired) electrons. The van der Waals surface area contributed by atoms with Gasteiger partial charge in [-0.05, 0) is 162 Å². The van der Waals surface area contributed by atoms with Crippen molar-refractivity contribution < 1.29 is 115 Å². The first-order valence-corrected chi connectivity index (χ1v) is 40.8. The van der Waals surface area contributed by atoms with Gasteiger partial charge >= 0.3 is 17.9 Å². The van der Waals surface area contributed by atoms with Crippen LogP contribution in [-0.4, -0.2) is 264 Å². The van der Waals surface area contributed by atoms with Gasteiger partial charge in [0.2, 0.25) is 47.3 Å². The molecule has 0 aromatic heterocycles. The molecule has 33 nitrogen and oxygen atoms in total. The number of likely N-dealkylation sites (N-methyl/N-ethyl adjacent to an activating group) is 1. The normalized spacial score (nSPS) is 17.5. The zero-order valence-corrected chi connectivity index (χ0v) is 70.8. The predicted molar refractivity (Wildman–Crippen MR) is 453 cm³/mol. The number of carboxylic acids is 3. The zero-order valence-electron chi connectivity index (χ0n) is 66.9. The van der Waals surface area contributed by atoms with E-state index in [1.807, 2.05) is 84.1 Å². The van der Waals surface area contributed by atoms with Crippen LogP contribution in [-0.2, 0) is 78.5 Å². The standard InChI is InChI=1S/C84H110IN17O16.Lu/c1-55-18-20-56(21-19-55)10-7-17-73(105)94-64-31-29-63(30-32-64)93-72(104)16-6-5-13-66(88-36-37-99-38-40-100(52-75(107)108)42-44-102(54-77(111)112)45-43-101(41-39-99)53-76(109)110)79(114)91-50-57-22-27-61(28-23-57)78(113)89-34-9-15-70-82(117)96-67(14-8-35-90-84(86)87)81(116)97-68(48-58-24-26-60-11-3-4-12-62(60)46-58)80(115)92-51-74(106)95-69(83(118)98(70)2)49-59-25-33-71(103)65(85)47-59;/h3-4,11-12,18-33,46-47,66-70,88,103H,5-10,13-17,34-45,48-54H2,1-2H3,(H,89,113)(H,91,114)(H,92,115)(H,93,104)(H,94,105)(H,95,106)(H,96,117)(H,97,116)(H,107,108)(H,109,110)(H,111,112)(H4,86,87,90);/t66?,67-,68-,69+,70+;/m0./s1. The van der Waals surface area contributed by atoms with Crippen molar-refractivity contribution in [2.24, 2.45) is 5.73 Å². The van der Waals surface area contributed by atoms with Gasteiger partial charge in [0.1, 0.15) is 29.9 Å². The Labute approximate surface area is 735 Å². The number of hydrogen-bond acceptors (Lipinski definition) is 19. The van der Waals surface area contributed by atoms with Crippen molar-refractivity contribution in [3.63, 3.8) is 0 Å². The molecule has 2 saturated heterocycles. The molecule has 2 aliphatic heterocycles. The molecule has 5 atom stereocenters. The number of aromatic hydroxyl groups is 1. The number of halogens is 1. The van der Waals surface area contributed by atoms with E-state index in [4.69, 9.17) is 11.1 Å². The van der Waals surface area contributed by atoms with Crippen LogP contribution in [0.3, 0.4) is 0 Å². The van der Waals surface area contributed by atoms with Crippen LogP contribution in [0.4, 0.5) is 11.4 Å². The van der Waals surface area contributed by atoms with E-state index in [2.05, 4.69) is 70.2 Å². The molecule has 8 rings (SSSR count). The smallest absolute Gasteiger partial charge is 0.317 e. The Morgan fingerprint density at radius 2 is 1.08 bits per heavy atom. The minimum atomic E-state index is -1.32. The molecule has 649 valence electrons. The number of phenols is 1. The van der Waals surface area contributed by atoms with Crippen LogP contribution < -0.4 is 58.9 Å². The molecule has 35 heteroatoms. The summed E-state index contributed by atoms with van der Waals surface area (Å²) in [5, 5.41) is 77.9. The number of nitrogens with one attached hydrogen (secondary N) is 11. The van der Waals surface area contributed by atoms with Crippen molar-refractivity contribution in [3.05, 3.63) is 170 Å². The Kier molecular flexibility index (Phi) is 40.6. The average molecular weight is 1920 g/mol. The molecule has 2 aliphatic rings. The molecule has 0 aliphatic carbocycles. The van der Waals surface area contributed by atoms with Gasteiger partial charge in [0.25, 0.3) is 5.91 Å². The second-order valence-electron chi connectivity index (χ2n) is 29.7. The molecule has 0 saturated carbocycles. The number of guanidine groups is 1. The predicted octanol–water partition coefficient (Wildman–Crippen LogP) is 3.34. The maximum atomic E-state index is 14.9. The van der Waals surface area contributed by atoms with Gasteiger partial charge < -0.3 is 84.2 Å². The largest absolute Gasteiger partial charge is 0.507 e. The summed E-state index contributed by atoms with van der Waals surface area (Å²) in [4.78, 5) is 171. The number of fused-ring (bicyclic) bond motifs is 1. The van der Waals surface area contributed by atoms with Crippen LogP contribution in [0.25, 0.3) is 10.8 Å². The van der Waals surface area contributed by atoms with Crippen molar-refractivity contribution in [2.75, 3.05) is 122 Å². The average Bonchev–Trinajstić information content (AvgIpc) is 1.67. The van der Waals surface area contributed by atoms with Gasteiger partial charge in [-0.25, -0.2) is 0 Å². The molecule has 0 spiro atoms. The molecule has 0 bridgehead atoms. The van der Waals surface area contributed by atoms with Gasteiger partial charge in [0, 0.05) is 172 Å². The maximum Gasteiger partial charge on any atom is 0.317 e. The van der Waals surface area contributed by atoms with Crippen molar-refractivity contribution in [1.82, 2.24) is 67.0 Å². The summed E-state index contributed by atoms with van der Waals surface area (Å²) < 4.78 is 0.468. The van der Waals surface area contributed by atoms with Crippen LogP contribution >= 0.6 is 22.6 Å². The minimum absolute atomic E-state index is 0. The Balaban J connectivity index is 0.0000195. The third-order valence-corrected chi connectivity index (χ3v) is 21.3. The quantitative estimate of drug-likeness (QED) is 0.0115. The number of unbranched alkanes of at least 4 members (excludes halogenated alkanes) is 1. The van der Waals surface area contributed by atoms with E-state index in [-0.39, 0.29) is 189 Å². The molecule has 9 amide bonds. The molecule has 17 N–H and O–H groups in total. The van der Waals surface area contributed by atoms with Gasteiger partial charge in [-0.15, -0.1) is 0 Å². The molecular weight excluding hydrogens is 1800 g/mol. The summed E-state index contributed by atoms with van der Waals surface area (Å²) >= 11 is 1.93. The van der Waals surface area contributed by atoms with Gasteiger partial charge in [0.05, 0.1) is 35.8 Å². The first-order chi connectivity index (χ1) is 56.6. The van der Waals surface area contributed by atoms with Crippen LogP contribution in [0.1, 0.15) is 102 Å².